The molecule has 1 amide bonds. The molecule has 0 aromatic rings. The quantitative estimate of drug-likeness (QED) is 0.709. The highest BCUT2D eigenvalue weighted by Crippen LogP contribution is 2.24. The van der Waals surface area contributed by atoms with Gasteiger partial charge in [0.05, 0.1) is 0 Å². The lowest BCUT2D eigenvalue weighted by Gasteiger charge is -2.38. The van der Waals surface area contributed by atoms with Crippen LogP contribution >= 0.6 is 0 Å². The second kappa shape index (κ2) is 5.50. The molecule has 15 heavy (non-hydrogen) atoms. The summed E-state index contributed by atoms with van der Waals surface area (Å²) in [5.41, 5.74) is 0. The van der Waals surface area contributed by atoms with Crippen molar-refractivity contribution < 1.29 is 4.79 Å². The predicted octanol–water partition coefficient (Wildman–Crippen LogP) is 1.59. The summed E-state index contributed by atoms with van der Waals surface area (Å²) < 4.78 is 0. The normalized spacial score (nSPS) is 21.3. The Hall–Kier alpha value is -0.570. The molecule has 0 N–H and O–H groups in total. The van der Waals surface area contributed by atoms with Crippen molar-refractivity contribution in [2.75, 3.05) is 27.2 Å². The van der Waals surface area contributed by atoms with Gasteiger partial charge in [-0.15, -0.1) is 0 Å². The van der Waals surface area contributed by atoms with Crippen LogP contribution in [0.4, 0.5) is 0 Å². The lowest BCUT2D eigenvalue weighted by Crippen LogP contribution is -2.44. The first-order chi connectivity index (χ1) is 7.06. The molecule has 88 valence electrons. The maximum absolute atomic E-state index is 11.4. The molecule has 1 saturated heterocycles. The van der Waals surface area contributed by atoms with Crippen LogP contribution in [-0.4, -0.2) is 48.9 Å². The molecule has 0 saturated carbocycles. The monoisotopic (exact) mass is 212 g/mol. The van der Waals surface area contributed by atoms with Crippen LogP contribution in [0.2, 0.25) is 0 Å². The van der Waals surface area contributed by atoms with Gasteiger partial charge < -0.3 is 9.80 Å². The third-order valence-electron chi connectivity index (χ3n) is 3.72. The molecule has 1 atom stereocenters. The van der Waals surface area contributed by atoms with E-state index in [1.165, 1.54) is 25.9 Å². The number of piperidine rings is 1. The van der Waals surface area contributed by atoms with Crippen molar-refractivity contribution in [3.05, 3.63) is 0 Å². The lowest BCUT2D eigenvalue weighted by molar-refractivity contribution is -0.131. The highest BCUT2D eigenvalue weighted by Gasteiger charge is 2.27. The van der Waals surface area contributed by atoms with Crippen molar-refractivity contribution in [1.29, 1.82) is 0 Å². The first-order valence-electron chi connectivity index (χ1n) is 5.98. The number of nitrogens with zero attached hydrogens (tertiary/aromatic N) is 2. The minimum absolute atomic E-state index is 0.195. The minimum atomic E-state index is 0.195. The van der Waals surface area contributed by atoms with Gasteiger partial charge in [-0.1, -0.05) is 6.92 Å². The molecule has 3 nitrogen and oxygen atoms in total. The fraction of sp³-hybridized carbons (Fsp3) is 0.917. The van der Waals surface area contributed by atoms with E-state index in [1.54, 1.807) is 6.92 Å². The Morgan fingerprint density at radius 3 is 2.40 bits per heavy atom. The van der Waals surface area contributed by atoms with Gasteiger partial charge in [-0.25, -0.2) is 0 Å². The standard InChI is InChI=1S/C12H24N2O/c1-5-12(14(4)10(2)15)11-6-8-13(3)9-7-11/h11-12H,5-9H2,1-4H3. The van der Waals surface area contributed by atoms with Crippen LogP contribution in [0, 0.1) is 5.92 Å². The van der Waals surface area contributed by atoms with Gasteiger partial charge in [0.15, 0.2) is 0 Å². The van der Waals surface area contributed by atoms with Gasteiger partial charge in [0.25, 0.3) is 0 Å². The van der Waals surface area contributed by atoms with Crippen LogP contribution in [0.5, 0.6) is 0 Å². The Kier molecular flexibility index (Phi) is 4.58. The molecule has 1 heterocycles. The fourth-order valence-corrected chi connectivity index (χ4v) is 2.57. The highest BCUT2D eigenvalue weighted by atomic mass is 16.2. The first kappa shape index (κ1) is 12.5. The van der Waals surface area contributed by atoms with Crippen molar-refractivity contribution in [3.8, 4) is 0 Å². The van der Waals surface area contributed by atoms with E-state index < -0.39 is 0 Å². The maximum atomic E-state index is 11.4. The Bertz CT molecular complexity index is 210. The summed E-state index contributed by atoms with van der Waals surface area (Å²) in [6, 6.07) is 0.441. The average Bonchev–Trinajstić information content (AvgIpc) is 2.21. The van der Waals surface area contributed by atoms with Crippen LogP contribution in [0.25, 0.3) is 0 Å². The molecule has 0 aromatic carbocycles. The van der Waals surface area contributed by atoms with E-state index >= 15 is 0 Å². The van der Waals surface area contributed by atoms with Gasteiger partial charge in [0.2, 0.25) is 5.91 Å². The molecule has 0 aromatic heterocycles. The molecule has 0 aliphatic carbocycles. The van der Waals surface area contributed by atoms with Crippen LogP contribution in [-0.2, 0) is 4.79 Å². The van der Waals surface area contributed by atoms with Crippen LogP contribution in [0.1, 0.15) is 33.1 Å². The average molecular weight is 212 g/mol. The molecule has 1 aliphatic heterocycles. The van der Waals surface area contributed by atoms with Crippen molar-refractivity contribution in [2.24, 2.45) is 5.92 Å². The number of hydrogen-bond acceptors (Lipinski definition) is 2. The number of amides is 1. The van der Waals surface area contributed by atoms with E-state index in [4.69, 9.17) is 0 Å². The summed E-state index contributed by atoms with van der Waals surface area (Å²) >= 11 is 0. The predicted molar refractivity (Wildman–Crippen MR) is 62.7 cm³/mol. The molecule has 1 unspecified atom stereocenters. The van der Waals surface area contributed by atoms with E-state index in [1.807, 2.05) is 11.9 Å². The number of rotatable bonds is 3. The van der Waals surface area contributed by atoms with Gasteiger partial charge >= 0.3 is 0 Å². The number of hydrogen-bond donors (Lipinski definition) is 0. The third kappa shape index (κ3) is 3.20. The van der Waals surface area contributed by atoms with E-state index in [2.05, 4.69) is 18.9 Å². The maximum Gasteiger partial charge on any atom is 0.219 e. The van der Waals surface area contributed by atoms with Gasteiger partial charge in [-0.3, -0.25) is 4.79 Å². The molecule has 0 spiro atoms. The second-order valence-electron chi connectivity index (χ2n) is 4.75. The Morgan fingerprint density at radius 1 is 1.47 bits per heavy atom. The largest absolute Gasteiger partial charge is 0.343 e. The SMILES string of the molecule is CCC(C1CCN(C)CC1)N(C)C(C)=O. The molecular weight excluding hydrogens is 188 g/mol. The number of likely N-dealkylation sites (tertiary alicyclic amines) is 1. The van der Waals surface area contributed by atoms with Gasteiger partial charge in [0.1, 0.15) is 0 Å². The van der Waals surface area contributed by atoms with E-state index in [-0.39, 0.29) is 5.91 Å². The second-order valence-corrected chi connectivity index (χ2v) is 4.75. The Morgan fingerprint density at radius 2 is 2.00 bits per heavy atom. The Labute approximate surface area is 93.4 Å². The molecule has 1 aliphatic rings. The minimum Gasteiger partial charge on any atom is -0.343 e. The zero-order valence-corrected chi connectivity index (χ0v) is 10.5. The molecular formula is C12H24N2O. The van der Waals surface area contributed by atoms with Gasteiger partial charge in [-0.05, 0) is 45.3 Å². The van der Waals surface area contributed by atoms with E-state index in [0.29, 0.717) is 12.0 Å². The summed E-state index contributed by atoms with van der Waals surface area (Å²) in [7, 11) is 4.11. The zero-order valence-electron chi connectivity index (χ0n) is 10.5. The topological polar surface area (TPSA) is 23.6 Å². The first-order valence-corrected chi connectivity index (χ1v) is 5.98. The fourth-order valence-electron chi connectivity index (χ4n) is 2.57. The van der Waals surface area contributed by atoms with Crippen LogP contribution < -0.4 is 0 Å². The Balaban J connectivity index is 2.55. The third-order valence-corrected chi connectivity index (χ3v) is 3.72. The molecule has 0 bridgehead atoms. The number of carbonyl (C=O) groups is 1. The van der Waals surface area contributed by atoms with Crippen molar-refractivity contribution >= 4 is 5.91 Å². The van der Waals surface area contributed by atoms with E-state index in [0.717, 1.165) is 6.42 Å². The summed E-state index contributed by atoms with van der Waals surface area (Å²) in [5, 5.41) is 0. The van der Waals surface area contributed by atoms with Crippen LogP contribution in [0.15, 0.2) is 0 Å². The highest BCUT2D eigenvalue weighted by molar-refractivity contribution is 5.73. The summed E-state index contributed by atoms with van der Waals surface area (Å²) in [5.74, 6) is 0.890. The zero-order chi connectivity index (χ0) is 11.4. The molecule has 1 rings (SSSR count). The number of carbonyl (C=O) groups excluding carboxylic acids is 1. The van der Waals surface area contributed by atoms with Gasteiger partial charge in [-0.2, -0.15) is 0 Å². The smallest absolute Gasteiger partial charge is 0.219 e. The lowest BCUT2D eigenvalue weighted by atomic mass is 9.87. The summed E-state index contributed by atoms with van der Waals surface area (Å²) in [6.07, 6.45) is 3.53. The molecule has 3 heteroatoms. The van der Waals surface area contributed by atoms with Crippen molar-refractivity contribution in [1.82, 2.24) is 9.80 Å². The van der Waals surface area contributed by atoms with Crippen molar-refractivity contribution in [3.63, 3.8) is 0 Å². The molecule has 1 fully saturated rings. The summed E-state index contributed by atoms with van der Waals surface area (Å²) in [6.45, 7) is 6.19. The van der Waals surface area contributed by atoms with Gasteiger partial charge in [0, 0.05) is 20.0 Å². The van der Waals surface area contributed by atoms with Crippen molar-refractivity contribution in [2.45, 2.75) is 39.2 Å². The summed E-state index contributed by atoms with van der Waals surface area (Å²) in [4.78, 5) is 15.7. The van der Waals surface area contributed by atoms with Crippen LogP contribution in [0.3, 0.4) is 0 Å². The van der Waals surface area contributed by atoms with E-state index in [9.17, 15) is 4.79 Å². The molecule has 0 radical (unpaired) electrons.